The van der Waals surface area contributed by atoms with Crippen molar-refractivity contribution >= 4 is 0 Å². The molecule has 16 heavy (non-hydrogen) atoms. The number of hydrogen-bond donors (Lipinski definition) is 2. The van der Waals surface area contributed by atoms with Crippen LogP contribution in [0.25, 0.3) is 0 Å². The molecule has 92 valence electrons. The lowest BCUT2D eigenvalue weighted by molar-refractivity contribution is 0.377. The van der Waals surface area contributed by atoms with E-state index in [1.807, 2.05) is 0 Å². The van der Waals surface area contributed by atoms with Gasteiger partial charge in [-0.25, -0.2) is 0 Å². The first-order valence-electron chi connectivity index (χ1n) is 7.37. The summed E-state index contributed by atoms with van der Waals surface area (Å²) >= 11 is 0. The Morgan fingerprint density at radius 3 is 2.12 bits per heavy atom. The first-order valence-corrected chi connectivity index (χ1v) is 7.37. The predicted octanol–water partition coefficient (Wildman–Crippen LogP) is 2.15. The van der Waals surface area contributed by atoms with Gasteiger partial charge in [0.1, 0.15) is 0 Å². The molecule has 0 amide bonds. The molecular weight excluding hydrogens is 196 g/mol. The van der Waals surface area contributed by atoms with Gasteiger partial charge in [-0.05, 0) is 82.3 Å². The van der Waals surface area contributed by atoms with Crippen molar-refractivity contribution in [2.45, 2.75) is 51.0 Å². The van der Waals surface area contributed by atoms with E-state index in [9.17, 15) is 0 Å². The molecule has 2 N–H and O–H groups in total. The van der Waals surface area contributed by atoms with Crippen LogP contribution in [-0.4, -0.2) is 25.7 Å². The molecule has 0 bridgehead atoms. The van der Waals surface area contributed by atoms with Gasteiger partial charge >= 0.3 is 0 Å². The topological polar surface area (TPSA) is 24.1 Å². The van der Waals surface area contributed by atoms with Crippen molar-refractivity contribution in [2.24, 2.45) is 17.8 Å². The molecule has 0 aromatic heterocycles. The Bertz CT molecular complexity index is 205. The fourth-order valence-electron chi connectivity index (χ4n) is 2.84. The van der Waals surface area contributed by atoms with Crippen LogP contribution in [-0.2, 0) is 0 Å². The minimum atomic E-state index is 0.880. The molecule has 0 aromatic carbocycles. The maximum atomic E-state index is 3.68. The van der Waals surface area contributed by atoms with E-state index in [2.05, 4.69) is 10.6 Å². The molecule has 0 aliphatic heterocycles. The van der Waals surface area contributed by atoms with Gasteiger partial charge in [-0.1, -0.05) is 0 Å². The summed E-state index contributed by atoms with van der Waals surface area (Å²) in [6.07, 6.45) is 10.2. The summed E-state index contributed by atoms with van der Waals surface area (Å²) in [5.41, 5.74) is 0. The average molecular weight is 222 g/mol. The summed E-state index contributed by atoms with van der Waals surface area (Å²) in [6.45, 7) is 3.74. The van der Waals surface area contributed by atoms with Gasteiger partial charge in [-0.3, -0.25) is 0 Å². The van der Waals surface area contributed by atoms with Crippen LogP contribution in [0.15, 0.2) is 0 Å². The normalized spacial score (nSPS) is 25.3. The fourth-order valence-corrected chi connectivity index (χ4v) is 2.84. The monoisotopic (exact) mass is 222 g/mol. The van der Waals surface area contributed by atoms with Crippen molar-refractivity contribution < 1.29 is 0 Å². The van der Waals surface area contributed by atoms with Gasteiger partial charge in [0.05, 0.1) is 0 Å². The summed E-state index contributed by atoms with van der Waals surface area (Å²) in [5.74, 6) is 3.24. The first-order chi connectivity index (χ1) is 7.93. The molecule has 3 fully saturated rings. The van der Waals surface area contributed by atoms with Gasteiger partial charge in [0.15, 0.2) is 0 Å². The lowest BCUT2D eigenvalue weighted by atomic mass is 9.98. The molecule has 0 atom stereocenters. The standard InChI is InChI=1S/C14H26N2/c1(9-16-13-6-7-13)8-15-10-14(11-2-3-11)12-4-5-12/h11-16H,1-10H2. The predicted molar refractivity (Wildman–Crippen MR) is 67.4 cm³/mol. The van der Waals surface area contributed by atoms with E-state index in [1.165, 1.54) is 64.6 Å². The molecule has 2 heteroatoms. The number of rotatable bonds is 9. The maximum absolute atomic E-state index is 3.68. The lowest BCUT2D eigenvalue weighted by Gasteiger charge is -2.16. The highest BCUT2D eigenvalue weighted by Gasteiger charge is 2.40. The number of hydrogen-bond acceptors (Lipinski definition) is 2. The SMILES string of the molecule is C(CNCC(C1CC1)C1CC1)CNC1CC1. The highest BCUT2D eigenvalue weighted by molar-refractivity contribution is 4.92. The van der Waals surface area contributed by atoms with Crippen molar-refractivity contribution in [3.8, 4) is 0 Å². The second-order valence-corrected chi connectivity index (χ2v) is 6.12. The van der Waals surface area contributed by atoms with Gasteiger partial charge in [0.2, 0.25) is 0 Å². The van der Waals surface area contributed by atoms with Crippen LogP contribution in [0, 0.1) is 17.8 Å². The van der Waals surface area contributed by atoms with Crippen LogP contribution in [0.2, 0.25) is 0 Å². The van der Waals surface area contributed by atoms with E-state index in [-0.39, 0.29) is 0 Å². The van der Waals surface area contributed by atoms with E-state index in [0.717, 1.165) is 23.8 Å². The summed E-state index contributed by atoms with van der Waals surface area (Å²) in [4.78, 5) is 0. The van der Waals surface area contributed by atoms with Crippen LogP contribution < -0.4 is 10.6 Å². The smallest absolute Gasteiger partial charge is 0.00682 e. The van der Waals surface area contributed by atoms with Crippen LogP contribution in [0.5, 0.6) is 0 Å². The van der Waals surface area contributed by atoms with E-state index < -0.39 is 0 Å². The molecule has 0 saturated heterocycles. The number of nitrogens with one attached hydrogen (secondary N) is 2. The summed E-state index contributed by atoms with van der Waals surface area (Å²) in [5, 5.41) is 7.26. The van der Waals surface area contributed by atoms with Crippen molar-refractivity contribution in [3.05, 3.63) is 0 Å². The summed E-state index contributed by atoms with van der Waals surface area (Å²) in [6, 6.07) is 0.880. The minimum absolute atomic E-state index is 0.880. The third-order valence-electron chi connectivity index (χ3n) is 4.38. The third-order valence-corrected chi connectivity index (χ3v) is 4.38. The van der Waals surface area contributed by atoms with Gasteiger partial charge < -0.3 is 10.6 Å². The average Bonchev–Trinajstić information content (AvgIpc) is 3.15. The highest BCUT2D eigenvalue weighted by atomic mass is 15.0. The summed E-state index contributed by atoms with van der Waals surface area (Å²) in [7, 11) is 0. The molecule has 3 saturated carbocycles. The molecule has 2 nitrogen and oxygen atoms in total. The zero-order chi connectivity index (χ0) is 10.8. The molecule has 3 aliphatic rings. The Hall–Kier alpha value is -0.0800. The molecule has 0 spiro atoms. The Morgan fingerprint density at radius 1 is 0.875 bits per heavy atom. The van der Waals surface area contributed by atoms with Crippen molar-refractivity contribution in [1.82, 2.24) is 10.6 Å². The molecule has 0 aromatic rings. The Balaban J connectivity index is 1.21. The van der Waals surface area contributed by atoms with Gasteiger partial charge in [-0.15, -0.1) is 0 Å². The van der Waals surface area contributed by atoms with Crippen LogP contribution >= 0.6 is 0 Å². The second kappa shape index (κ2) is 5.05. The third kappa shape index (κ3) is 3.46. The van der Waals surface area contributed by atoms with Crippen LogP contribution in [0.3, 0.4) is 0 Å². The largest absolute Gasteiger partial charge is 0.316 e. The van der Waals surface area contributed by atoms with Crippen LogP contribution in [0.1, 0.15) is 44.9 Å². The molecule has 0 heterocycles. The minimum Gasteiger partial charge on any atom is -0.316 e. The lowest BCUT2D eigenvalue weighted by Crippen LogP contribution is -2.28. The molecule has 3 aliphatic carbocycles. The molecular formula is C14H26N2. The van der Waals surface area contributed by atoms with Crippen molar-refractivity contribution in [1.29, 1.82) is 0 Å². The Morgan fingerprint density at radius 2 is 1.56 bits per heavy atom. The highest BCUT2D eigenvalue weighted by Crippen LogP contribution is 2.48. The fraction of sp³-hybridized carbons (Fsp3) is 1.00. The van der Waals surface area contributed by atoms with Gasteiger partial charge in [-0.2, -0.15) is 0 Å². The molecule has 3 rings (SSSR count). The zero-order valence-electron chi connectivity index (χ0n) is 10.4. The maximum Gasteiger partial charge on any atom is 0.00682 e. The van der Waals surface area contributed by atoms with E-state index in [4.69, 9.17) is 0 Å². The first kappa shape index (κ1) is 11.0. The second-order valence-electron chi connectivity index (χ2n) is 6.12. The quantitative estimate of drug-likeness (QED) is 0.584. The molecule has 0 unspecified atom stereocenters. The zero-order valence-corrected chi connectivity index (χ0v) is 10.4. The van der Waals surface area contributed by atoms with Crippen molar-refractivity contribution in [3.63, 3.8) is 0 Å². The van der Waals surface area contributed by atoms with E-state index >= 15 is 0 Å². The molecule has 0 radical (unpaired) electrons. The van der Waals surface area contributed by atoms with Gasteiger partial charge in [0, 0.05) is 6.04 Å². The summed E-state index contributed by atoms with van der Waals surface area (Å²) < 4.78 is 0. The van der Waals surface area contributed by atoms with E-state index in [0.29, 0.717) is 0 Å². The Labute approximate surface area is 99.6 Å². The van der Waals surface area contributed by atoms with Crippen LogP contribution in [0.4, 0.5) is 0 Å². The Kier molecular flexibility index (Phi) is 3.49. The van der Waals surface area contributed by atoms with Gasteiger partial charge in [0.25, 0.3) is 0 Å². The van der Waals surface area contributed by atoms with E-state index in [1.54, 1.807) is 0 Å². The van der Waals surface area contributed by atoms with Crippen molar-refractivity contribution in [2.75, 3.05) is 19.6 Å².